The number of amides is 1. The van der Waals surface area contributed by atoms with Gasteiger partial charge in [-0.1, -0.05) is 29.8 Å². The molecule has 3 aromatic rings. The molecule has 0 radical (unpaired) electrons. The Hall–Kier alpha value is -2.46. The van der Waals surface area contributed by atoms with E-state index in [0.717, 1.165) is 17.5 Å². The number of aryl methyl sites for hydroxylation is 2. The molecule has 0 fully saturated rings. The van der Waals surface area contributed by atoms with Crippen molar-refractivity contribution >= 4 is 17.2 Å². The third kappa shape index (κ3) is 4.52. The molecule has 2 aromatic heterocycles. The van der Waals surface area contributed by atoms with E-state index in [1.165, 1.54) is 16.7 Å². The molecule has 24 heavy (non-hydrogen) atoms. The lowest BCUT2D eigenvalue weighted by atomic mass is 10.1. The van der Waals surface area contributed by atoms with Crippen LogP contribution in [0.5, 0.6) is 0 Å². The minimum Gasteiger partial charge on any atom is -0.352 e. The standard InChI is InChI=1S/C20H20N2OS/c1-15-3-2-4-16(9-15)5-6-20(23)22-12-17-10-19(13-21-11-17)18-7-8-24-14-18/h2-4,7-11,13-14H,5-6,12H2,1H3,(H,22,23). The van der Waals surface area contributed by atoms with Crippen LogP contribution in [-0.2, 0) is 17.8 Å². The number of carbonyl (C=O) groups is 1. The van der Waals surface area contributed by atoms with Crippen molar-refractivity contribution in [3.63, 3.8) is 0 Å². The zero-order chi connectivity index (χ0) is 16.8. The summed E-state index contributed by atoms with van der Waals surface area (Å²) in [7, 11) is 0. The lowest BCUT2D eigenvalue weighted by Crippen LogP contribution is -2.23. The first-order chi connectivity index (χ1) is 11.7. The summed E-state index contributed by atoms with van der Waals surface area (Å²) in [5.41, 5.74) is 5.70. The van der Waals surface area contributed by atoms with Gasteiger partial charge in [-0.25, -0.2) is 0 Å². The maximum Gasteiger partial charge on any atom is 0.220 e. The second-order valence-electron chi connectivity index (χ2n) is 5.86. The molecular formula is C20H20N2OS. The minimum absolute atomic E-state index is 0.0671. The molecule has 0 saturated heterocycles. The smallest absolute Gasteiger partial charge is 0.220 e. The Bertz CT molecular complexity index is 812. The highest BCUT2D eigenvalue weighted by Crippen LogP contribution is 2.21. The number of nitrogens with zero attached hydrogens (tertiary/aromatic N) is 1. The molecule has 1 aromatic carbocycles. The normalized spacial score (nSPS) is 10.5. The fourth-order valence-corrected chi connectivity index (χ4v) is 3.25. The SMILES string of the molecule is Cc1cccc(CCC(=O)NCc2cncc(-c3ccsc3)c2)c1. The third-order valence-corrected chi connectivity index (χ3v) is 4.55. The average Bonchev–Trinajstić information content (AvgIpc) is 3.13. The molecule has 0 bridgehead atoms. The van der Waals surface area contributed by atoms with Crippen LogP contribution in [0.15, 0.2) is 59.6 Å². The summed E-state index contributed by atoms with van der Waals surface area (Å²) in [5, 5.41) is 7.13. The number of benzene rings is 1. The Kier molecular flexibility index (Phi) is 5.39. The van der Waals surface area contributed by atoms with E-state index < -0.39 is 0 Å². The molecule has 0 aliphatic heterocycles. The summed E-state index contributed by atoms with van der Waals surface area (Å²) in [6.45, 7) is 2.58. The summed E-state index contributed by atoms with van der Waals surface area (Å²) in [5.74, 6) is 0.0671. The monoisotopic (exact) mass is 336 g/mol. The van der Waals surface area contributed by atoms with Gasteiger partial charge in [0.15, 0.2) is 0 Å². The fourth-order valence-electron chi connectivity index (χ4n) is 2.59. The van der Waals surface area contributed by atoms with Crippen LogP contribution in [0.25, 0.3) is 11.1 Å². The number of aromatic nitrogens is 1. The van der Waals surface area contributed by atoms with Crippen LogP contribution in [0, 0.1) is 6.92 Å². The zero-order valence-corrected chi connectivity index (χ0v) is 14.5. The molecule has 4 heteroatoms. The van der Waals surface area contributed by atoms with Gasteiger partial charge in [0.05, 0.1) is 0 Å². The Labute approximate surface area is 146 Å². The number of pyridine rings is 1. The lowest BCUT2D eigenvalue weighted by Gasteiger charge is -2.07. The summed E-state index contributed by atoms with van der Waals surface area (Å²) in [6.07, 6.45) is 4.92. The molecule has 1 amide bonds. The molecular weight excluding hydrogens is 316 g/mol. The van der Waals surface area contributed by atoms with E-state index in [4.69, 9.17) is 0 Å². The van der Waals surface area contributed by atoms with Crippen LogP contribution in [-0.4, -0.2) is 10.9 Å². The molecule has 0 saturated carbocycles. The molecule has 3 rings (SSSR count). The molecule has 2 heterocycles. The van der Waals surface area contributed by atoms with Gasteiger partial charge in [0.25, 0.3) is 0 Å². The highest BCUT2D eigenvalue weighted by atomic mass is 32.1. The number of rotatable bonds is 6. The topological polar surface area (TPSA) is 42.0 Å². The van der Waals surface area contributed by atoms with Gasteiger partial charge >= 0.3 is 0 Å². The predicted molar refractivity (Wildman–Crippen MR) is 98.9 cm³/mol. The molecule has 0 atom stereocenters. The summed E-state index contributed by atoms with van der Waals surface area (Å²) in [4.78, 5) is 16.3. The van der Waals surface area contributed by atoms with Gasteiger partial charge in [0.1, 0.15) is 0 Å². The van der Waals surface area contributed by atoms with Gasteiger partial charge in [0, 0.05) is 30.9 Å². The van der Waals surface area contributed by atoms with Crippen molar-refractivity contribution in [2.45, 2.75) is 26.3 Å². The van der Waals surface area contributed by atoms with Crippen LogP contribution in [0.3, 0.4) is 0 Å². The molecule has 0 spiro atoms. The van der Waals surface area contributed by atoms with Crippen molar-refractivity contribution < 1.29 is 4.79 Å². The largest absolute Gasteiger partial charge is 0.352 e. The van der Waals surface area contributed by atoms with Crippen LogP contribution in [0.4, 0.5) is 0 Å². The maximum atomic E-state index is 12.1. The van der Waals surface area contributed by atoms with Crippen molar-refractivity contribution in [3.8, 4) is 11.1 Å². The first kappa shape index (κ1) is 16.4. The second-order valence-corrected chi connectivity index (χ2v) is 6.64. The van der Waals surface area contributed by atoms with Gasteiger partial charge in [-0.15, -0.1) is 0 Å². The van der Waals surface area contributed by atoms with Gasteiger partial charge in [-0.3, -0.25) is 9.78 Å². The highest BCUT2D eigenvalue weighted by molar-refractivity contribution is 7.08. The number of nitrogens with one attached hydrogen (secondary N) is 1. The Morgan fingerprint density at radius 1 is 1.12 bits per heavy atom. The molecule has 3 nitrogen and oxygen atoms in total. The van der Waals surface area contributed by atoms with Crippen molar-refractivity contribution in [1.82, 2.24) is 10.3 Å². The van der Waals surface area contributed by atoms with Crippen molar-refractivity contribution in [1.29, 1.82) is 0 Å². The van der Waals surface area contributed by atoms with E-state index in [-0.39, 0.29) is 5.91 Å². The second kappa shape index (κ2) is 7.88. The van der Waals surface area contributed by atoms with Gasteiger partial charge in [-0.05, 0) is 52.9 Å². The summed E-state index contributed by atoms with van der Waals surface area (Å²) < 4.78 is 0. The fraction of sp³-hybridized carbons (Fsp3) is 0.200. The average molecular weight is 336 g/mol. The van der Waals surface area contributed by atoms with Gasteiger partial charge in [-0.2, -0.15) is 11.3 Å². The Morgan fingerprint density at radius 3 is 2.83 bits per heavy atom. The number of thiophene rings is 1. The van der Waals surface area contributed by atoms with Gasteiger partial charge in [0.2, 0.25) is 5.91 Å². The van der Waals surface area contributed by atoms with Crippen LogP contribution in [0.1, 0.15) is 23.1 Å². The molecule has 1 N–H and O–H groups in total. The predicted octanol–water partition coefficient (Wildman–Crippen LogP) is 4.37. The van der Waals surface area contributed by atoms with E-state index in [9.17, 15) is 4.79 Å². The van der Waals surface area contributed by atoms with Crippen LogP contribution < -0.4 is 5.32 Å². The minimum atomic E-state index is 0.0671. The molecule has 0 aliphatic carbocycles. The van der Waals surface area contributed by atoms with Crippen molar-refractivity contribution in [2.24, 2.45) is 0 Å². The third-order valence-electron chi connectivity index (χ3n) is 3.86. The first-order valence-corrected chi connectivity index (χ1v) is 8.94. The molecule has 122 valence electrons. The number of carbonyl (C=O) groups excluding carboxylic acids is 1. The highest BCUT2D eigenvalue weighted by Gasteiger charge is 2.05. The van der Waals surface area contributed by atoms with Crippen molar-refractivity contribution in [2.75, 3.05) is 0 Å². The Morgan fingerprint density at radius 2 is 2.04 bits per heavy atom. The zero-order valence-electron chi connectivity index (χ0n) is 13.7. The summed E-state index contributed by atoms with van der Waals surface area (Å²) in [6, 6.07) is 12.4. The van der Waals surface area contributed by atoms with Crippen molar-refractivity contribution in [3.05, 3.63) is 76.2 Å². The van der Waals surface area contributed by atoms with E-state index >= 15 is 0 Å². The lowest BCUT2D eigenvalue weighted by molar-refractivity contribution is -0.121. The van der Waals surface area contributed by atoms with E-state index in [1.807, 2.05) is 12.3 Å². The van der Waals surface area contributed by atoms with Gasteiger partial charge < -0.3 is 5.32 Å². The van der Waals surface area contributed by atoms with E-state index in [0.29, 0.717) is 13.0 Å². The maximum absolute atomic E-state index is 12.1. The number of hydrogen-bond acceptors (Lipinski definition) is 3. The van der Waals surface area contributed by atoms with Crippen LogP contribution in [0.2, 0.25) is 0 Å². The molecule has 0 unspecified atom stereocenters. The molecule has 0 aliphatic rings. The quantitative estimate of drug-likeness (QED) is 0.726. The summed E-state index contributed by atoms with van der Waals surface area (Å²) >= 11 is 1.67. The Balaban J connectivity index is 1.52. The first-order valence-electron chi connectivity index (χ1n) is 7.99. The number of hydrogen-bond donors (Lipinski definition) is 1. The van der Waals surface area contributed by atoms with Crippen LogP contribution >= 0.6 is 11.3 Å². The van der Waals surface area contributed by atoms with E-state index in [1.54, 1.807) is 17.5 Å². The van der Waals surface area contributed by atoms with E-state index in [2.05, 4.69) is 58.3 Å².